The normalized spacial score (nSPS) is 11.6. The summed E-state index contributed by atoms with van der Waals surface area (Å²) in [5, 5.41) is 0. The Bertz CT molecular complexity index is 366. The van der Waals surface area contributed by atoms with Gasteiger partial charge in [-0.2, -0.15) is 13.2 Å². The lowest BCUT2D eigenvalue weighted by Crippen LogP contribution is -2.31. The van der Waals surface area contributed by atoms with Crippen LogP contribution in [-0.2, 0) is 5.88 Å². The molecule has 1 aromatic rings. The number of pyridine rings is 1. The van der Waals surface area contributed by atoms with Crippen molar-refractivity contribution in [2.24, 2.45) is 0 Å². The molecule has 0 aliphatic rings. The molecule has 0 aliphatic carbocycles. The summed E-state index contributed by atoms with van der Waals surface area (Å²) in [5.74, 6) is 0.545. The van der Waals surface area contributed by atoms with Crippen molar-refractivity contribution in [1.82, 2.24) is 4.98 Å². The molecule has 0 spiro atoms. The number of hydrogen-bond donors (Lipinski definition) is 0. The zero-order valence-corrected chi connectivity index (χ0v) is 9.73. The standard InChI is InChI=1S/C10H12ClF3N2/c1-7-3-8(5-11)4-9(15-7)16(2)6-10(12,13)14/h3-4H,5-6H2,1-2H3. The molecule has 6 heteroatoms. The van der Waals surface area contributed by atoms with Gasteiger partial charge in [0.05, 0.1) is 0 Å². The van der Waals surface area contributed by atoms with E-state index in [1.54, 1.807) is 19.1 Å². The second-order valence-electron chi connectivity index (χ2n) is 3.58. The number of aryl methyl sites for hydroxylation is 1. The summed E-state index contributed by atoms with van der Waals surface area (Å²) in [7, 11) is 1.35. The Kier molecular flexibility index (Phi) is 4.02. The van der Waals surface area contributed by atoms with Crippen LogP contribution in [0.1, 0.15) is 11.3 Å². The lowest BCUT2D eigenvalue weighted by molar-refractivity contribution is -0.119. The maximum atomic E-state index is 12.2. The molecule has 0 unspecified atom stereocenters. The average molecular weight is 253 g/mol. The first-order valence-electron chi connectivity index (χ1n) is 4.63. The van der Waals surface area contributed by atoms with Crippen LogP contribution in [0.25, 0.3) is 0 Å². The molecule has 0 fully saturated rings. The fourth-order valence-electron chi connectivity index (χ4n) is 1.34. The smallest absolute Gasteiger partial charge is 0.351 e. The minimum absolute atomic E-state index is 0.260. The number of rotatable bonds is 3. The molecule has 0 aromatic carbocycles. The number of alkyl halides is 4. The Hall–Kier alpha value is -0.970. The van der Waals surface area contributed by atoms with Gasteiger partial charge in [-0.15, -0.1) is 11.6 Å². The number of hydrogen-bond acceptors (Lipinski definition) is 2. The minimum Gasteiger partial charge on any atom is -0.351 e. The number of nitrogens with zero attached hydrogens (tertiary/aromatic N) is 2. The topological polar surface area (TPSA) is 16.1 Å². The van der Waals surface area contributed by atoms with Crippen LogP contribution in [0.2, 0.25) is 0 Å². The Labute approximate surface area is 97.0 Å². The summed E-state index contributed by atoms with van der Waals surface area (Å²) in [4.78, 5) is 5.09. The second kappa shape index (κ2) is 4.91. The molecule has 0 atom stereocenters. The molecule has 2 nitrogen and oxygen atoms in total. The Morgan fingerprint density at radius 3 is 2.50 bits per heavy atom. The van der Waals surface area contributed by atoms with Gasteiger partial charge < -0.3 is 4.90 Å². The van der Waals surface area contributed by atoms with E-state index in [0.29, 0.717) is 5.69 Å². The van der Waals surface area contributed by atoms with Crippen LogP contribution < -0.4 is 4.90 Å². The van der Waals surface area contributed by atoms with Crippen LogP contribution in [0.3, 0.4) is 0 Å². The van der Waals surface area contributed by atoms with Crippen LogP contribution >= 0.6 is 11.6 Å². The SMILES string of the molecule is Cc1cc(CCl)cc(N(C)CC(F)(F)F)n1. The number of halogens is 4. The molecule has 1 aromatic heterocycles. The van der Waals surface area contributed by atoms with Gasteiger partial charge in [0, 0.05) is 18.6 Å². The fraction of sp³-hybridized carbons (Fsp3) is 0.500. The van der Waals surface area contributed by atoms with Gasteiger partial charge in [-0.1, -0.05) is 0 Å². The third-order valence-corrected chi connectivity index (χ3v) is 2.27. The summed E-state index contributed by atoms with van der Waals surface area (Å²) in [6.45, 7) is 0.701. The maximum Gasteiger partial charge on any atom is 0.405 e. The summed E-state index contributed by atoms with van der Waals surface area (Å²) in [5.41, 5.74) is 1.42. The Morgan fingerprint density at radius 2 is 2.00 bits per heavy atom. The zero-order chi connectivity index (χ0) is 12.3. The van der Waals surface area contributed by atoms with E-state index in [2.05, 4.69) is 4.98 Å². The van der Waals surface area contributed by atoms with E-state index in [-0.39, 0.29) is 11.7 Å². The molecule has 0 saturated carbocycles. The van der Waals surface area contributed by atoms with Crippen LogP contribution in [0, 0.1) is 6.92 Å². The Balaban J connectivity index is 2.90. The summed E-state index contributed by atoms with van der Waals surface area (Å²) in [6.07, 6.45) is -4.23. The molecule has 1 heterocycles. The summed E-state index contributed by atoms with van der Waals surface area (Å²) >= 11 is 5.64. The van der Waals surface area contributed by atoms with E-state index >= 15 is 0 Å². The lowest BCUT2D eigenvalue weighted by Gasteiger charge is -2.20. The highest BCUT2D eigenvalue weighted by atomic mass is 35.5. The van der Waals surface area contributed by atoms with E-state index < -0.39 is 12.7 Å². The molecule has 0 bridgehead atoms. The molecule has 0 radical (unpaired) electrons. The number of anilines is 1. The van der Waals surface area contributed by atoms with E-state index in [1.807, 2.05) is 0 Å². The van der Waals surface area contributed by atoms with Gasteiger partial charge in [0.15, 0.2) is 0 Å². The van der Waals surface area contributed by atoms with Gasteiger partial charge in [0.2, 0.25) is 0 Å². The highest BCUT2D eigenvalue weighted by Crippen LogP contribution is 2.21. The van der Waals surface area contributed by atoms with Gasteiger partial charge in [-0.05, 0) is 24.6 Å². The van der Waals surface area contributed by atoms with E-state index in [9.17, 15) is 13.2 Å². The Morgan fingerprint density at radius 1 is 1.38 bits per heavy atom. The van der Waals surface area contributed by atoms with Crippen LogP contribution in [0.15, 0.2) is 12.1 Å². The molecule has 16 heavy (non-hydrogen) atoms. The van der Waals surface area contributed by atoms with Crippen molar-refractivity contribution in [3.05, 3.63) is 23.4 Å². The largest absolute Gasteiger partial charge is 0.405 e. The van der Waals surface area contributed by atoms with Crippen molar-refractivity contribution in [1.29, 1.82) is 0 Å². The maximum absolute atomic E-state index is 12.2. The zero-order valence-electron chi connectivity index (χ0n) is 8.98. The van der Waals surface area contributed by atoms with Crippen LogP contribution in [0.5, 0.6) is 0 Å². The monoisotopic (exact) mass is 252 g/mol. The highest BCUT2D eigenvalue weighted by molar-refractivity contribution is 6.17. The number of aromatic nitrogens is 1. The molecule has 0 N–H and O–H groups in total. The summed E-state index contributed by atoms with van der Waals surface area (Å²) < 4.78 is 36.5. The first-order chi connectivity index (χ1) is 7.31. The van der Waals surface area contributed by atoms with Gasteiger partial charge >= 0.3 is 6.18 Å². The van der Waals surface area contributed by atoms with Crippen molar-refractivity contribution >= 4 is 17.4 Å². The lowest BCUT2D eigenvalue weighted by atomic mass is 10.2. The van der Waals surface area contributed by atoms with Crippen LogP contribution in [0.4, 0.5) is 19.0 Å². The second-order valence-corrected chi connectivity index (χ2v) is 3.85. The molecule has 0 amide bonds. The highest BCUT2D eigenvalue weighted by Gasteiger charge is 2.29. The molecule has 1 rings (SSSR count). The first kappa shape index (κ1) is 13.1. The molecular weight excluding hydrogens is 241 g/mol. The van der Waals surface area contributed by atoms with E-state index in [4.69, 9.17) is 11.6 Å². The van der Waals surface area contributed by atoms with Gasteiger partial charge in [-0.25, -0.2) is 4.98 Å². The molecule has 0 aliphatic heterocycles. The average Bonchev–Trinajstić information content (AvgIpc) is 2.14. The molecular formula is C10H12ClF3N2. The van der Waals surface area contributed by atoms with Crippen molar-refractivity contribution in [3.8, 4) is 0 Å². The summed E-state index contributed by atoms with van der Waals surface area (Å²) in [6, 6.07) is 3.31. The fourth-order valence-corrected chi connectivity index (χ4v) is 1.50. The van der Waals surface area contributed by atoms with Crippen molar-refractivity contribution in [3.63, 3.8) is 0 Å². The van der Waals surface area contributed by atoms with E-state index in [1.165, 1.54) is 7.05 Å². The van der Waals surface area contributed by atoms with Crippen molar-refractivity contribution in [2.75, 3.05) is 18.5 Å². The molecule has 90 valence electrons. The van der Waals surface area contributed by atoms with Gasteiger partial charge in [0.25, 0.3) is 0 Å². The predicted octanol–water partition coefficient (Wildman–Crippen LogP) is 3.13. The van der Waals surface area contributed by atoms with Crippen molar-refractivity contribution < 1.29 is 13.2 Å². The minimum atomic E-state index is -4.23. The van der Waals surface area contributed by atoms with Gasteiger partial charge in [-0.3, -0.25) is 0 Å². The third-order valence-electron chi connectivity index (χ3n) is 1.96. The predicted molar refractivity (Wildman–Crippen MR) is 57.9 cm³/mol. The third kappa shape index (κ3) is 3.89. The first-order valence-corrected chi connectivity index (χ1v) is 5.16. The molecule has 0 saturated heterocycles. The van der Waals surface area contributed by atoms with Crippen molar-refractivity contribution in [2.45, 2.75) is 19.0 Å². The van der Waals surface area contributed by atoms with Gasteiger partial charge in [0.1, 0.15) is 12.4 Å². The van der Waals surface area contributed by atoms with E-state index in [0.717, 1.165) is 10.5 Å². The quantitative estimate of drug-likeness (QED) is 0.769. The van der Waals surface area contributed by atoms with Crippen LogP contribution in [-0.4, -0.2) is 24.8 Å².